The van der Waals surface area contributed by atoms with Gasteiger partial charge in [-0.1, -0.05) is 6.92 Å². The van der Waals surface area contributed by atoms with Crippen LogP contribution in [0.5, 0.6) is 0 Å². The molecule has 0 aromatic heterocycles. The Morgan fingerprint density at radius 2 is 1.92 bits per heavy atom. The lowest BCUT2D eigenvalue weighted by Crippen LogP contribution is -2.25. The zero-order valence-electron chi connectivity index (χ0n) is 7.35. The van der Waals surface area contributed by atoms with Gasteiger partial charge in [0, 0.05) is 24.7 Å². The molecule has 0 saturated carbocycles. The predicted octanol–water partition coefficient (Wildman–Crippen LogP) is 0.640. The van der Waals surface area contributed by atoms with Crippen molar-refractivity contribution in [2.75, 3.05) is 30.5 Å². The second-order valence-corrected chi connectivity index (χ2v) is 5.27. The first-order valence-corrected chi connectivity index (χ1v) is 6.45. The van der Waals surface area contributed by atoms with Gasteiger partial charge in [0.15, 0.2) is 9.84 Å². The third kappa shape index (κ3) is 6.88. The van der Waals surface area contributed by atoms with Crippen molar-refractivity contribution < 1.29 is 8.42 Å². The van der Waals surface area contributed by atoms with Gasteiger partial charge in [-0.3, -0.25) is 0 Å². The van der Waals surface area contributed by atoms with Gasteiger partial charge in [0.25, 0.3) is 0 Å². The fourth-order valence-electron chi connectivity index (χ4n) is 0.833. The van der Waals surface area contributed by atoms with Gasteiger partial charge in [-0.25, -0.2) is 8.42 Å². The molecule has 1 N–H and O–H groups in total. The summed E-state index contributed by atoms with van der Waals surface area (Å²) in [5, 5.41) is 2.94. The van der Waals surface area contributed by atoms with Gasteiger partial charge in [0.05, 0.1) is 5.75 Å². The highest BCUT2D eigenvalue weighted by Crippen LogP contribution is 1.91. The van der Waals surface area contributed by atoms with Crippen LogP contribution in [0.25, 0.3) is 0 Å². The molecule has 74 valence electrons. The van der Waals surface area contributed by atoms with Crippen LogP contribution in [0.15, 0.2) is 0 Å². The van der Waals surface area contributed by atoms with Crippen molar-refractivity contribution in [2.45, 2.75) is 13.3 Å². The van der Waals surface area contributed by atoms with Crippen LogP contribution in [-0.4, -0.2) is 38.9 Å². The van der Waals surface area contributed by atoms with Crippen molar-refractivity contribution in [3.05, 3.63) is 0 Å². The average Bonchev–Trinajstić information content (AvgIpc) is 1.98. The summed E-state index contributed by atoms with van der Waals surface area (Å²) in [7, 11) is -2.82. The molecule has 0 aromatic rings. The van der Waals surface area contributed by atoms with E-state index < -0.39 is 9.84 Å². The monoisotopic (exact) mass is 213 g/mol. The van der Waals surface area contributed by atoms with E-state index in [0.29, 0.717) is 25.4 Å². The second kappa shape index (κ2) is 6.69. The molecular formula is C7H16ClNO2S. The van der Waals surface area contributed by atoms with Crippen LogP contribution in [0.4, 0.5) is 0 Å². The molecular weight excluding hydrogens is 198 g/mol. The van der Waals surface area contributed by atoms with Gasteiger partial charge in [0.2, 0.25) is 0 Å². The van der Waals surface area contributed by atoms with E-state index in [2.05, 4.69) is 5.32 Å². The molecule has 0 atom stereocenters. The highest BCUT2D eigenvalue weighted by Gasteiger charge is 2.07. The van der Waals surface area contributed by atoms with Gasteiger partial charge in [0.1, 0.15) is 0 Å². The van der Waals surface area contributed by atoms with Crippen molar-refractivity contribution in [2.24, 2.45) is 0 Å². The summed E-state index contributed by atoms with van der Waals surface area (Å²) in [5.41, 5.74) is 0. The minimum atomic E-state index is -2.82. The van der Waals surface area contributed by atoms with Crippen LogP contribution >= 0.6 is 11.6 Å². The predicted molar refractivity (Wildman–Crippen MR) is 52.5 cm³/mol. The van der Waals surface area contributed by atoms with Crippen molar-refractivity contribution in [1.82, 2.24) is 5.32 Å². The first kappa shape index (κ1) is 12.2. The Morgan fingerprint density at radius 1 is 1.25 bits per heavy atom. The van der Waals surface area contributed by atoms with Crippen molar-refractivity contribution in [3.63, 3.8) is 0 Å². The fourth-order valence-corrected chi connectivity index (χ4v) is 2.25. The highest BCUT2D eigenvalue weighted by molar-refractivity contribution is 7.91. The van der Waals surface area contributed by atoms with E-state index in [4.69, 9.17) is 11.6 Å². The van der Waals surface area contributed by atoms with E-state index >= 15 is 0 Å². The number of sulfone groups is 1. The molecule has 0 fully saturated rings. The summed E-state index contributed by atoms with van der Waals surface area (Å²) in [6, 6.07) is 0. The van der Waals surface area contributed by atoms with Crippen LogP contribution in [0.3, 0.4) is 0 Å². The Morgan fingerprint density at radius 3 is 2.42 bits per heavy atom. The van der Waals surface area contributed by atoms with E-state index in [0.717, 1.165) is 0 Å². The lowest BCUT2D eigenvalue weighted by atomic mass is 10.6. The van der Waals surface area contributed by atoms with Crippen LogP contribution in [-0.2, 0) is 9.84 Å². The maximum atomic E-state index is 11.1. The molecule has 0 saturated heterocycles. The average molecular weight is 214 g/mol. The van der Waals surface area contributed by atoms with Gasteiger partial charge >= 0.3 is 0 Å². The molecule has 0 amide bonds. The molecule has 0 spiro atoms. The lowest BCUT2D eigenvalue weighted by Gasteiger charge is -2.02. The number of alkyl halides is 1. The third-order valence-electron chi connectivity index (χ3n) is 1.38. The van der Waals surface area contributed by atoms with E-state index in [1.54, 1.807) is 0 Å². The van der Waals surface area contributed by atoms with E-state index in [1.807, 2.05) is 6.92 Å². The maximum Gasteiger partial charge on any atom is 0.151 e. The highest BCUT2D eigenvalue weighted by atomic mass is 35.5. The van der Waals surface area contributed by atoms with Crippen LogP contribution in [0.2, 0.25) is 0 Å². The number of halogens is 1. The summed E-state index contributed by atoms with van der Waals surface area (Å²) < 4.78 is 22.2. The third-order valence-corrected chi connectivity index (χ3v) is 3.42. The van der Waals surface area contributed by atoms with Crippen LogP contribution < -0.4 is 5.32 Å². The fraction of sp³-hybridized carbons (Fsp3) is 1.00. The molecule has 5 heteroatoms. The summed E-state index contributed by atoms with van der Waals surface area (Å²) in [6.07, 6.45) is 0.692. The molecule has 0 unspecified atom stereocenters. The van der Waals surface area contributed by atoms with Gasteiger partial charge in [-0.05, 0) is 6.42 Å². The molecule has 0 aliphatic rings. The zero-order valence-corrected chi connectivity index (χ0v) is 8.92. The number of nitrogens with one attached hydrogen (secondary N) is 1. The Hall–Kier alpha value is 0.200. The van der Waals surface area contributed by atoms with Crippen molar-refractivity contribution in [1.29, 1.82) is 0 Å². The first-order valence-electron chi connectivity index (χ1n) is 4.09. The van der Waals surface area contributed by atoms with Gasteiger partial charge in [-0.15, -0.1) is 11.6 Å². The Balaban J connectivity index is 3.48. The minimum absolute atomic E-state index is 0.220. The van der Waals surface area contributed by atoms with Gasteiger partial charge in [-0.2, -0.15) is 0 Å². The molecule has 0 aliphatic heterocycles. The number of hydrogen-bond donors (Lipinski definition) is 1. The Bertz CT molecular complexity index is 192. The van der Waals surface area contributed by atoms with Crippen molar-refractivity contribution >= 4 is 21.4 Å². The Kier molecular flexibility index (Phi) is 6.80. The minimum Gasteiger partial charge on any atom is -0.315 e. The summed E-state index contributed by atoms with van der Waals surface area (Å²) in [4.78, 5) is 0. The standard InChI is InChI=1S/C7H16ClNO2S/c1-2-6-12(10,11)7-5-9-4-3-8/h9H,2-7H2,1H3. The lowest BCUT2D eigenvalue weighted by molar-refractivity contribution is 0.590. The summed E-state index contributed by atoms with van der Waals surface area (Å²) in [6.45, 7) is 3.04. The normalized spacial score (nSPS) is 11.8. The van der Waals surface area contributed by atoms with Crippen LogP contribution in [0.1, 0.15) is 13.3 Å². The topological polar surface area (TPSA) is 46.2 Å². The molecule has 0 bridgehead atoms. The van der Waals surface area contributed by atoms with E-state index in [-0.39, 0.29) is 11.5 Å². The molecule has 0 aliphatic carbocycles. The van der Waals surface area contributed by atoms with Crippen molar-refractivity contribution in [3.8, 4) is 0 Å². The molecule has 0 heterocycles. The molecule has 0 rings (SSSR count). The molecule has 0 aromatic carbocycles. The maximum absolute atomic E-state index is 11.1. The second-order valence-electron chi connectivity index (χ2n) is 2.59. The van der Waals surface area contributed by atoms with E-state index in [9.17, 15) is 8.42 Å². The summed E-state index contributed by atoms with van der Waals surface area (Å²) >= 11 is 5.40. The molecule has 12 heavy (non-hydrogen) atoms. The van der Waals surface area contributed by atoms with Crippen LogP contribution in [0, 0.1) is 0 Å². The zero-order chi connectivity index (χ0) is 9.45. The number of rotatable bonds is 7. The largest absolute Gasteiger partial charge is 0.315 e. The molecule has 3 nitrogen and oxygen atoms in total. The quantitative estimate of drug-likeness (QED) is 0.499. The Labute approximate surface area is 79.4 Å². The number of hydrogen-bond acceptors (Lipinski definition) is 3. The van der Waals surface area contributed by atoms with Gasteiger partial charge < -0.3 is 5.32 Å². The molecule has 0 radical (unpaired) electrons. The smallest absolute Gasteiger partial charge is 0.151 e. The van der Waals surface area contributed by atoms with E-state index in [1.165, 1.54) is 0 Å². The summed E-state index contributed by atoms with van der Waals surface area (Å²) in [5.74, 6) is 1.03. The first-order chi connectivity index (χ1) is 5.62. The SMILES string of the molecule is CCCS(=O)(=O)CCNCCCl.